The van der Waals surface area contributed by atoms with Gasteiger partial charge in [0.1, 0.15) is 11.5 Å². The van der Waals surface area contributed by atoms with Crippen LogP contribution in [0.5, 0.6) is 11.5 Å². The molecule has 132 valence electrons. The minimum absolute atomic E-state index is 0.0292. The van der Waals surface area contributed by atoms with Crippen LogP contribution in [0.15, 0.2) is 27.9 Å². The van der Waals surface area contributed by atoms with Crippen LogP contribution >= 0.6 is 22.6 Å². The number of aliphatic hydroxyl groups excluding tert-OH is 1. The molecule has 0 aliphatic carbocycles. The van der Waals surface area contributed by atoms with E-state index < -0.39 is 0 Å². The first-order valence-corrected chi connectivity index (χ1v) is 9.09. The minimum atomic E-state index is -0.154. The number of carbonyl (C=O) groups is 1. The average molecular weight is 445 g/mol. The fourth-order valence-corrected chi connectivity index (χ4v) is 4.00. The molecule has 5 nitrogen and oxygen atoms in total. The molecule has 1 N–H and O–H groups in total. The quantitative estimate of drug-likeness (QED) is 0.656. The van der Waals surface area contributed by atoms with Crippen molar-refractivity contribution in [2.45, 2.75) is 32.4 Å². The number of rotatable bonds is 7. The molecule has 1 aliphatic rings. The maximum absolute atomic E-state index is 12.9. The van der Waals surface area contributed by atoms with Crippen LogP contribution in [0.4, 0.5) is 0 Å². The Labute approximate surface area is 156 Å². The Morgan fingerprint density at radius 2 is 2.04 bits per heavy atom. The zero-order valence-electron chi connectivity index (χ0n) is 14.3. The lowest BCUT2D eigenvalue weighted by atomic mass is 9.95. The summed E-state index contributed by atoms with van der Waals surface area (Å²) in [5.74, 6) is 1.40. The zero-order valence-corrected chi connectivity index (χ0v) is 16.4. The summed E-state index contributed by atoms with van der Waals surface area (Å²) < 4.78 is 11.7. The number of nitrogens with zero attached hydrogens (tertiary/aromatic N) is 1. The molecule has 1 amide bonds. The third kappa shape index (κ3) is 4.22. The highest BCUT2D eigenvalue weighted by atomic mass is 127. The fourth-order valence-electron chi connectivity index (χ4n) is 2.90. The third-order valence-corrected chi connectivity index (χ3v) is 5.40. The summed E-state index contributed by atoms with van der Waals surface area (Å²) >= 11 is 2.24. The molecular weight excluding hydrogens is 421 g/mol. The molecule has 0 saturated carbocycles. The summed E-state index contributed by atoms with van der Waals surface area (Å²) in [6.07, 6.45) is 3.43. The first kappa shape index (κ1) is 19.1. The minimum Gasteiger partial charge on any atom is -0.497 e. The van der Waals surface area contributed by atoms with Crippen molar-refractivity contribution in [3.63, 3.8) is 0 Å². The molecular formula is C18H24INO4. The Balaban J connectivity index is 2.23. The molecule has 0 spiro atoms. The monoisotopic (exact) mass is 445 g/mol. The van der Waals surface area contributed by atoms with Gasteiger partial charge in [0.2, 0.25) is 5.91 Å². The summed E-state index contributed by atoms with van der Waals surface area (Å²) in [5.41, 5.74) is 0.949. The van der Waals surface area contributed by atoms with Crippen molar-refractivity contribution in [2.75, 3.05) is 20.8 Å². The van der Waals surface area contributed by atoms with Crippen LogP contribution in [-0.4, -0.2) is 42.8 Å². The molecule has 0 unspecified atom stereocenters. The maximum Gasteiger partial charge on any atom is 0.231 e. The number of amides is 1. The Morgan fingerprint density at radius 3 is 2.67 bits per heavy atom. The zero-order chi connectivity index (χ0) is 17.7. The molecule has 2 atom stereocenters. The SMILES string of the molecule is COc1ccc(CN2C(=O)[C@H](CCCO)C(I)=C[C@@H]2C)c(OC)c1. The summed E-state index contributed by atoms with van der Waals surface area (Å²) in [7, 11) is 3.23. The molecule has 6 heteroatoms. The largest absolute Gasteiger partial charge is 0.497 e. The maximum atomic E-state index is 12.9. The Bertz CT molecular complexity index is 617. The van der Waals surface area contributed by atoms with E-state index in [9.17, 15) is 4.79 Å². The summed E-state index contributed by atoms with van der Waals surface area (Å²) in [6.45, 7) is 2.62. The van der Waals surface area contributed by atoms with Crippen molar-refractivity contribution in [1.29, 1.82) is 0 Å². The van der Waals surface area contributed by atoms with Crippen molar-refractivity contribution in [2.24, 2.45) is 5.92 Å². The molecule has 0 bridgehead atoms. The average Bonchev–Trinajstić information content (AvgIpc) is 2.58. The van der Waals surface area contributed by atoms with Gasteiger partial charge >= 0.3 is 0 Å². The Hall–Kier alpha value is -1.28. The van der Waals surface area contributed by atoms with Crippen molar-refractivity contribution in [3.05, 3.63) is 33.4 Å². The van der Waals surface area contributed by atoms with Crippen LogP contribution in [-0.2, 0) is 11.3 Å². The van der Waals surface area contributed by atoms with Gasteiger partial charge in [0.05, 0.1) is 20.1 Å². The van der Waals surface area contributed by atoms with Gasteiger partial charge in [-0.3, -0.25) is 4.79 Å². The van der Waals surface area contributed by atoms with E-state index >= 15 is 0 Å². The lowest BCUT2D eigenvalue weighted by Crippen LogP contribution is -2.44. The van der Waals surface area contributed by atoms with Crippen LogP contribution in [0.2, 0.25) is 0 Å². The lowest BCUT2D eigenvalue weighted by molar-refractivity contribution is -0.137. The van der Waals surface area contributed by atoms with Crippen molar-refractivity contribution in [3.8, 4) is 11.5 Å². The van der Waals surface area contributed by atoms with E-state index in [0.29, 0.717) is 25.1 Å². The van der Waals surface area contributed by atoms with E-state index in [4.69, 9.17) is 14.6 Å². The molecule has 2 rings (SSSR count). The molecule has 0 aromatic heterocycles. The van der Waals surface area contributed by atoms with Crippen molar-refractivity contribution >= 4 is 28.5 Å². The molecule has 1 aliphatic heterocycles. The standard InChI is InChI=1S/C18H24INO4/c1-12-9-16(19)15(5-4-8-21)18(22)20(12)11-13-6-7-14(23-2)10-17(13)24-3/h6-7,9-10,12,15,21H,4-5,8,11H2,1-3H3/t12-,15+/m0/s1. The van der Waals surface area contributed by atoms with Gasteiger partial charge in [-0.25, -0.2) is 0 Å². The number of methoxy groups -OCH3 is 2. The molecule has 1 aromatic carbocycles. The fraction of sp³-hybridized carbons (Fsp3) is 0.500. The number of aliphatic hydroxyl groups is 1. The number of halogens is 1. The number of ether oxygens (including phenoxy) is 2. The molecule has 1 heterocycles. The first-order chi connectivity index (χ1) is 11.5. The smallest absolute Gasteiger partial charge is 0.231 e. The Morgan fingerprint density at radius 1 is 1.29 bits per heavy atom. The number of hydrogen-bond donors (Lipinski definition) is 1. The highest BCUT2D eigenvalue weighted by molar-refractivity contribution is 14.1. The van der Waals surface area contributed by atoms with Crippen LogP contribution < -0.4 is 9.47 Å². The van der Waals surface area contributed by atoms with Gasteiger partial charge in [-0.2, -0.15) is 0 Å². The van der Waals surface area contributed by atoms with Gasteiger partial charge < -0.3 is 19.5 Å². The molecule has 0 radical (unpaired) electrons. The molecule has 0 saturated heterocycles. The second-order valence-electron chi connectivity index (χ2n) is 5.85. The van der Waals surface area contributed by atoms with Gasteiger partial charge in [-0.1, -0.05) is 6.08 Å². The molecule has 1 aromatic rings. The van der Waals surface area contributed by atoms with Gasteiger partial charge in [0.15, 0.2) is 0 Å². The van der Waals surface area contributed by atoms with Crippen LogP contribution in [0, 0.1) is 5.92 Å². The van der Waals surface area contributed by atoms with Gasteiger partial charge in [-0.05, 0) is 54.5 Å². The van der Waals surface area contributed by atoms with Gasteiger partial charge in [0, 0.05) is 34.4 Å². The predicted octanol–water partition coefficient (Wildman–Crippen LogP) is 3.14. The van der Waals surface area contributed by atoms with E-state index in [-0.39, 0.29) is 24.5 Å². The van der Waals surface area contributed by atoms with Gasteiger partial charge in [0.25, 0.3) is 0 Å². The van der Waals surface area contributed by atoms with E-state index in [0.717, 1.165) is 14.9 Å². The predicted molar refractivity (Wildman–Crippen MR) is 101 cm³/mol. The molecule has 24 heavy (non-hydrogen) atoms. The van der Waals surface area contributed by atoms with E-state index in [1.807, 2.05) is 30.0 Å². The highest BCUT2D eigenvalue weighted by Gasteiger charge is 2.33. The number of benzene rings is 1. The summed E-state index contributed by atoms with van der Waals surface area (Å²) in [4.78, 5) is 14.8. The summed E-state index contributed by atoms with van der Waals surface area (Å²) in [5, 5.41) is 9.06. The van der Waals surface area contributed by atoms with E-state index in [1.165, 1.54) is 0 Å². The second-order valence-corrected chi connectivity index (χ2v) is 7.10. The van der Waals surface area contributed by atoms with E-state index in [1.54, 1.807) is 14.2 Å². The van der Waals surface area contributed by atoms with Crippen molar-refractivity contribution < 1.29 is 19.4 Å². The third-order valence-electron chi connectivity index (χ3n) is 4.29. The topological polar surface area (TPSA) is 59.0 Å². The van der Waals surface area contributed by atoms with Crippen LogP contribution in [0.25, 0.3) is 0 Å². The summed E-state index contributed by atoms with van der Waals surface area (Å²) in [6, 6.07) is 5.67. The highest BCUT2D eigenvalue weighted by Crippen LogP contribution is 2.34. The van der Waals surface area contributed by atoms with Crippen LogP contribution in [0.1, 0.15) is 25.3 Å². The van der Waals surface area contributed by atoms with Crippen LogP contribution in [0.3, 0.4) is 0 Å². The number of carbonyl (C=O) groups excluding carboxylic acids is 1. The van der Waals surface area contributed by atoms with E-state index in [2.05, 4.69) is 28.7 Å². The normalized spacial score (nSPS) is 20.8. The second kappa shape index (κ2) is 8.71. The lowest BCUT2D eigenvalue weighted by Gasteiger charge is -2.36. The van der Waals surface area contributed by atoms with Crippen molar-refractivity contribution in [1.82, 2.24) is 4.90 Å². The first-order valence-electron chi connectivity index (χ1n) is 8.01. The number of hydrogen-bond acceptors (Lipinski definition) is 4. The van der Waals surface area contributed by atoms with Gasteiger partial charge in [-0.15, -0.1) is 0 Å². The Kier molecular flexibility index (Phi) is 6.91. The molecule has 0 fully saturated rings.